The van der Waals surface area contributed by atoms with Gasteiger partial charge in [0.15, 0.2) is 5.76 Å². The normalized spacial score (nSPS) is 20.9. The van der Waals surface area contributed by atoms with E-state index in [1.54, 1.807) is 0 Å². The molecule has 1 amide bonds. The topological polar surface area (TPSA) is 48.7 Å². The maximum absolute atomic E-state index is 12.2. The van der Waals surface area contributed by atoms with E-state index in [4.69, 9.17) is 4.42 Å². The second-order valence-corrected chi connectivity index (χ2v) is 5.29. The number of rotatable bonds is 3. The van der Waals surface area contributed by atoms with Gasteiger partial charge in [-0.1, -0.05) is 0 Å². The van der Waals surface area contributed by atoms with Crippen molar-refractivity contribution >= 4 is 5.91 Å². The Hall–Kier alpha value is -1.33. The molecule has 2 aliphatic heterocycles. The lowest BCUT2D eigenvalue weighted by atomic mass is 10.3. The van der Waals surface area contributed by atoms with Crippen molar-refractivity contribution < 1.29 is 9.21 Å². The smallest absolute Gasteiger partial charge is 0.289 e. The summed E-state index contributed by atoms with van der Waals surface area (Å²) >= 11 is 0. The first-order valence-corrected chi connectivity index (χ1v) is 7.14. The zero-order valence-electron chi connectivity index (χ0n) is 11.2. The molecule has 0 atom stereocenters. The summed E-state index contributed by atoms with van der Waals surface area (Å²) in [6.07, 6.45) is 2.54. The number of carbonyl (C=O) groups is 1. The number of hydrogen-bond acceptors (Lipinski definition) is 4. The Kier molecular flexibility index (Phi) is 3.84. The minimum absolute atomic E-state index is 0.0224. The van der Waals surface area contributed by atoms with Crippen molar-refractivity contribution in [2.24, 2.45) is 0 Å². The SMILES string of the molecule is O=C(c1ccc(CN2CCCC2)o1)N1CCNCC1. The zero-order chi connectivity index (χ0) is 13.1. The first-order chi connectivity index (χ1) is 9.33. The van der Waals surface area contributed by atoms with E-state index in [0.29, 0.717) is 5.76 Å². The van der Waals surface area contributed by atoms with Crippen molar-refractivity contribution in [1.82, 2.24) is 15.1 Å². The summed E-state index contributed by atoms with van der Waals surface area (Å²) in [5.41, 5.74) is 0. The van der Waals surface area contributed by atoms with Gasteiger partial charge in [0.05, 0.1) is 6.54 Å². The lowest BCUT2D eigenvalue weighted by molar-refractivity contribution is 0.0700. The molecule has 0 spiro atoms. The van der Waals surface area contributed by atoms with Crippen molar-refractivity contribution in [2.45, 2.75) is 19.4 Å². The molecule has 0 bridgehead atoms. The predicted octanol–water partition coefficient (Wildman–Crippen LogP) is 0.921. The summed E-state index contributed by atoms with van der Waals surface area (Å²) in [6.45, 7) is 6.38. The van der Waals surface area contributed by atoms with Crippen molar-refractivity contribution in [2.75, 3.05) is 39.3 Å². The molecule has 5 heteroatoms. The molecule has 1 N–H and O–H groups in total. The second-order valence-electron chi connectivity index (χ2n) is 5.29. The molecular formula is C14H21N3O2. The van der Waals surface area contributed by atoms with Crippen LogP contribution in [0.25, 0.3) is 0 Å². The average molecular weight is 263 g/mol. The van der Waals surface area contributed by atoms with Gasteiger partial charge >= 0.3 is 0 Å². The third kappa shape index (κ3) is 2.98. The first-order valence-electron chi connectivity index (χ1n) is 7.14. The summed E-state index contributed by atoms with van der Waals surface area (Å²) < 4.78 is 5.71. The van der Waals surface area contributed by atoms with Gasteiger partial charge in [-0.3, -0.25) is 9.69 Å². The van der Waals surface area contributed by atoms with E-state index in [1.807, 2.05) is 17.0 Å². The number of nitrogens with one attached hydrogen (secondary N) is 1. The molecule has 1 aromatic heterocycles. The van der Waals surface area contributed by atoms with Crippen molar-refractivity contribution in [3.63, 3.8) is 0 Å². The van der Waals surface area contributed by atoms with Gasteiger partial charge in [0.25, 0.3) is 5.91 Å². The fraction of sp³-hybridized carbons (Fsp3) is 0.643. The van der Waals surface area contributed by atoms with Crippen molar-refractivity contribution in [3.8, 4) is 0 Å². The summed E-state index contributed by atoms with van der Waals surface area (Å²) in [6, 6.07) is 3.75. The Labute approximate surface area is 113 Å². The second kappa shape index (κ2) is 5.75. The van der Waals surface area contributed by atoms with Crippen LogP contribution in [0.4, 0.5) is 0 Å². The fourth-order valence-corrected chi connectivity index (χ4v) is 2.76. The number of piperazine rings is 1. The van der Waals surface area contributed by atoms with Gasteiger partial charge in [-0.25, -0.2) is 0 Å². The maximum atomic E-state index is 12.2. The zero-order valence-corrected chi connectivity index (χ0v) is 11.2. The Morgan fingerprint density at radius 2 is 1.89 bits per heavy atom. The van der Waals surface area contributed by atoms with Crippen LogP contribution in [0.1, 0.15) is 29.2 Å². The van der Waals surface area contributed by atoms with Gasteiger partial charge in [-0.15, -0.1) is 0 Å². The van der Waals surface area contributed by atoms with E-state index in [9.17, 15) is 4.79 Å². The Bertz CT molecular complexity index is 432. The Morgan fingerprint density at radius 3 is 2.63 bits per heavy atom. The highest BCUT2D eigenvalue weighted by atomic mass is 16.4. The van der Waals surface area contributed by atoms with Crippen molar-refractivity contribution in [1.29, 1.82) is 0 Å². The molecule has 0 radical (unpaired) electrons. The lowest BCUT2D eigenvalue weighted by Crippen LogP contribution is -2.46. The first kappa shape index (κ1) is 12.7. The molecule has 104 valence electrons. The molecule has 0 aromatic carbocycles. The lowest BCUT2D eigenvalue weighted by Gasteiger charge is -2.26. The maximum Gasteiger partial charge on any atom is 0.289 e. The van der Waals surface area contributed by atoms with E-state index in [1.165, 1.54) is 12.8 Å². The number of hydrogen-bond donors (Lipinski definition) is 1. The summed E-state index contributed by atoms with van der Waals surface area (Å²) in [5.74, 6) is 1.41. The van der Waals surface area contributed by atoms with Crippen molar-refractivity contribution in [3.05, 3.63) is 23.7 Å². The number of likely N-dealkylation sites (tertiary alicyclic amines) is 1. The average Bonchev–Trinajstić information content (AvgIpc) is 3.11. The van der Waals surface area contributed by atoms with Crippen LogP contribution in [0.3, 0.4) is 0 Å². The van der Waals surface area contributed by atoms with Crippen LogP contribution in [-0.4, -0.2) is 55.0 Å². The highest BCUT2D eigenvalue weighted by Crippen LogP contribution is 2.16. The van der Waals surface area contributed by atoms with Gasteiger partial charge in [0.1, 0.15) is 5.76 Å². The number of nitrogens with zero attached hydrogens (tertiary/aromatic N) is 2. The number of amides is 1. The molecule has 3 rings (SSSR count). The van der Waals surface area contributed by atoms with Crippen LogP contribution in [0.5, 0.6) is 0 Å². The minimum Gasteiger partial charge on any atom is -0.455 e. The number of carbonyl (C=O) groups excluding carboxylic acids is 1. The highest BCUT2D eigenvalue weighted by Gasteiger charge is 2.21. The van der Waals surface area contributed by atoms with E-state index in [2.05, 4.69) is 10.2 Å². The molecule has 2 aliphatic rings. The molecule has 5 nitrogen and oxygen atoms in total. The van der Waals surface area contributed by atoms with Gasteiger partial charge in [-0.2, -0.15) is 0 Å². The Morgan fingerprint density at radius 1 is 1.16 bits per heavy atom. The Balaban J connectivity index is 1.61. The van der Waals surface area contributed by atoms with E-state index < -0.39 is 0 Å². The molecule has 0 saturated carbocycles. The van der Waals surface area contributed by atoms with Crippen LogP contribution < -0.4 is 5.32 Å². The third-order valence-corrected chi connectivity index (χ3v) is 3.85. The quantitative estimate of drug-likeness (QED) is 0.881. The molecule has 19 heavy (non-hydrogen) atoms. The van der Waals surface area contributed by atoms with Gasteiger partial charge in [-0.05, 0) is 38.1 Å². The van der Waals surface area contributed by atoms with E-state index in [0.717, 1.165) is 51.6 Å². The monoisotopic (exact) mass is 263 g/mol. The molecule has 0 unspecified atom stereocenters. The van der Waals surface area contributed by atoms with Crippen LogP contribution in [0.2, 0.25) is 0 Å². The molecule has 2 saturated heterocycles. The third-order valence-electron chi connectivity index (χ3n) is 3.85. The molecular weight excluding hydrogens is 242 g/mol. The van der Waals surface area contributed by atoms with Gasteiger partial charge in [0.2, 0.25) is 0 Å². The largest absolute Gasteiger partial charge is 0.455 e. The van der Waals surface area contributed by atoms with Crippen LogP contribution in [0, 0.1) is 0 Å². The predicted molar refractivity (Wildman–Crippen MR) is 72.0 cm³/mol. The van der Waals surface area contributed by atoms with Gasteiger partial charge in [0, 0.05) is 26.2 Å². The standard InChI is InChI=1S/C14H21N3O2/c18-14(17-9-5-15-6-10-17)13-4-3-12(19-13)11-16-7-1-2-8-16/h3-4,15H,1-2,5-11H2. The van der Waals surface area contributed by atoms with Gasteiger partial charge < -0.3 is 14.6 Å². The molecule has 2 fully saturated rings. The van der Waals surface area contributed by atoms with Crippen LogP contribution in [0.15, 0.2) is 16.5 Å². The van der Waals surface area contributed by atoms with Crippen LogP contribution >= 0.6 is 0 Å². The fourth-order valence-electron chi connectivity index (χ4n) is 2.76. The summed E-state index contributed by atoms with van der Waals surface area (Å²) in [7, 11) is 0. The van der Waals surface area contributed by atoms with Crippen LogP contribution in [-0.2, 0) is 6.54 Å². The molecule has 3 heterocycles. The van der Waals surface area contributed by atoms with E-state index in [-0.39, 0.29) is 5.91 Å². The minimum atomic E-state index is 0.0224. The summed E-state index contributed by atoms with van der Waals surface area (Å²) in [4.78, 5) is 16.5. The van der Waals surface area contributed by atoms with E-state index >= 15 is 0 Å². The number of furan rings is 1. The molecule has 1 aromatic rings. The summed E-state index contributed by atoms with van der Waals surface area (Å²) in [5, 5.41) is 3.24. The highest BCUT2D eigenvalue weighted by molar-refractivity contribution is 5.91. The molecule has 0 aliphatic carbocycles.